The Kier molecular flexibility index (Phi) is 4.73. The van der Waals surface area contributed by atoms with Gasteiger partial charge < -0.3 is 5.11 Å². The van der Waals surface area contributed by atoms with Gasteiger partial charge in [0.25, 0.3) is 0 Å². The summed E-state index contributed by atoms with van der Waals surface area (Å²) in [6.07, 6.45) is 0. The second-order valence-corrected chi connectivity index (χ2v) is 6.73. The number of carboxylic acid groups (broad SMARTS) is 1. The summed E-state index contributed by atoms with van der Waals surface area (Å²) in [5.74, 6) is -0.660. The number of rotatable bonds is 4. The van der Waals surface area contributed by atoms with E-state index in [1.54, 1.807) is 12.1 Å². The molecule has 0 aliphatic carbocycles. The van der Waals surface area contributed by atoms with Crippen LogP contribution in [0.25, 0.3) is 0 Å². The first-order valence-electron chi connectivity index (χ1n) is 5.94. The van der Waals surface area contributed by atoms with E-state index < -0.39 is 16.8 Å². The Morgan fingerprint density at radius 3 is 2.45 bits per heavy atom. The molecular formula is C15H13BrO3S. The van der Waals surface area contributed by atoms with Gasteiger partial charge >= 0.3 is 5.97 Å². The maximum atomic E-state index is 12.3. The molecule has 1 N–H and O–H groups in total. The third kappa shape index (κ3) is 3.55. The number of halogens is 1. The van der Waals surface area contributed by atoms with Crippen molar-refractivity contribution in [2.75, 3.05) is 0 Å². The van der Waals surface area contributed by atoms with Crippen molar-refractivity contribution in [2.45, 2.75) is 17.6 Å². The van der Waals surface area contributed by atoms with Crippen LogP contribution in [0.3, 0.4) is 0 Å². The molecule has 0 fully saturated rings. The highest BCUT2D eigenvalue weighted by Gasteiger charge is 2.12. The lowest BCUT2D eigenvalue weighted by atomic mass is 10.2. The van der Waals surface area contributed by atoms with E-state index in [1.807, 2.05) is 31.2 Å². The van der Waals surface area contributed by atoms with Crippen LogP contribution in [0.1, 0.15) is 21.5 Å². The van der Waals surface area contributed by atoms with Crippen LogP contribution in [0.2, 0.25) is 0 Å². The smallest absolute Gasteiger partial charge is 0.336 e. The van der Waals surface area contributed by atoms with Crippen molar-refractivity contribution in [3.63, 3.8) is 0 Å². The van der Waals surface area contributed by atoms with E-state index in [0.29, 0.717) is 15.1 Å². The number of aryl methyl sites for hydroxylation is 1. The van der Waals surface area contributed by atoms with Crippen LogP contribution >= 0.6 is 15.9 Å². The van der Waals surface area contributed by atoms with Crippen molar-refractivity contribution in [1.29, 1.82) is 0 Å². The molecule has 2 aromatic carbocycles. The number of hydrogen-bond donors (Lipinski definition) is 1. The van der Waals surface area contributed by atoms with E-state index in [2.05, 4.69) is 15.9 Å². The summed E-state index contributed by atoms with van der Waals surface area (Å²) < 4.78 is 12.8. The van der Waals surface area contributed by atoms with Gasteiger partial charge in [-0.05, 0) is 46.6 Å². The third-order valence-corrected chi connectivity index (χ3v) is 4.92. The minimum Gasteiger partial charge on any atom is -0.478 e. The molecule has 104 valence electrons. The lowest BCUT2D eigenvalue weighted by molar-refractivity contribution is 0.0695. The van der Waals surface area contributed by atoms with Crippen LogP contribution in [-0.2, 0) is 16.6 Å². The molecule has 0 radical (unpaired) electrons. The van der Waals surface area contributed by atoms with E-state index in [4.69, 9.17) is 5.11 Å². The summed E-state index contributed by atoms with van der Waals surface area (Å²) in [6.45, 7) is 1.99. The lowest BCUT2D eigenvalue weighted by Crippen LogP contribution is -2.02. The fourth-order valence-corrected chi connectivity index (χ4v) is 3.28. The van der Waals surface area contributed by atoms with Crippen molar-refractivity contribution >= 4 is 32.7 Å². The van der Waals surface area contributed by atoms with Gasteiger partial charge in [0.1, 0.15) is 0 Å². The minimum absolute atomic E-state index is 0.125. The van der Waals surface area contributed by atoms with Gasteiger partial charge in [-0.25, -0.2) is 4.79 Å². The summed E-state index contributed by atoms with van der Waals surface area (Å²) in [5.41, 5.74) is 2.24. The van der Waals surface area contributed by atoms with E-state index in [9.17, 15) is 9.00 Å². The molecule has 1 atom stereocenters. The van der Waals surface area contributed by atoms with Gasteiger partial charge in [-0.2, -0.15) is 0 Å². The van der Waals surface area contributed by atoms with Crippen LogP contribution in [0.15, 0.2) is 51.8 Å². The molecule has 0 saturated heterocycles. The van der Waals surface area contributed by atoms with Gasteiger partial charge in [0.2, 0.25) is 0 Å². The monoisotopic (exact) mass is 352 g/mol. The minimum atomic E-state index is -1.26. The molecular weight excluding hydrogens is 340 g/mol. The second-order valence-electron chi connectivity index (χ2n) is 4.42. The van der Waals surface area contributed by atoms with Crippen molar-refractivity contribution in [3.05, 3.63) is 63.6 Å². The highest BCUT2D eigenvalue weighted by molar-refractivity contribution is 9.10. The summed E-state index contributed by atoms with van der Waals surface area (Å²) in [4.78, 5) is 11.6. The normalized spacial score (nSPS) is 12.1. The fraction of sp³-hybridized carbons (Fsp3) is 0.133. The first kappa shape index (κ1) is 14.9. The van der Waals surface area contributed by atoms with Gasteiger partial charge in [-0.1, -0.05) is 29.8 Å². The molecule has 0 aromatic heterocycles. The highest BCUT2D eigenvalue weighted by atomic mass is 79.9. The zero-order valence-electron chi connectivity index (χ0n) is 10.8. The Morgan fingerprint density at radius 1 is 1.20 bits per heavy atom. The Morgan fingerprint density at radius 2 is 1.85 bits per heavy atom. The Labute approximate surface area is 128 Å². The van der Waals surface area contributed by atoms with Gasteiger partial charge in [-0.15, -0.1) is 0 Å². The molecule has 0 amide bonds. The zero-order valence-corrected chi connectivity index (χ0v) is 13.2. The summed E-state index contributed by atoms with van der Waals surface area (Å²) >= 11 is 3.18. The van der Waals surface area contributed by atoms with Crippen LogP contribution in [0.4, 0.5) is 0 Å². The Hall–Kier alpha value is -1.46. The number of aromatic carboxylic acids is 1. The molecule has 20 heavy (non-hydrogen) atoms. The van der Waals surface area contributed by atoms with Gasteiger partial charge in [0.15, 0.2) is 0 Å². The third-order valence-electron chi connectivity index (χ3n) is 2.85. The highest BCUT2D eigenvalue weighted by Crippen LogP contribution is 2.21. The van der Waals surface area contributed by atoms with Gasteiger partial charge in [0, 0.05) is 9.37 Å². The molecule has 0 spiro atoms. The molecule has 3 nitrogen and oxygen atoms in total. The van der Waals surface area contributed by atoms with Gasteiger partial charge in [-0.3, -0.25) is 4.21 Å². The molecule has 0 bridgehead atoms. The quantitative estimate of drug-likeness (QED) is 0.911. The SMILES string of the molecule is Cc1ccc(CS(=O)c2ccc(Br)c(C(=O)O)c2)cc1. The molecule has 2 rings (SSSR count). The molecule has 2 aromatic rings. The number of carbonyl (C=O) groups is 1. The van der Waals surface area contributed by atoms with E-state index >= 15 is 0 Å². The molecule has 1 unspecified atom stereocenters. The van der Waals surface area contributed by atoms with E-state index in [0.717, 1.165) is 11.1 Å². The molecule has 0 aliphatic rings. The summed E-state index contributed by atoms with van der Waals surface area (Å²) in [6, 6.07) is 12.6. The number of hydrogen-bond acceptors (Lipinski definition) is 2. The molecule has 5 heteroatoms. The fourth-order valence-electron chi connectivity index (χ4n) is 1.73. The Balaban J connectivity index is 2.23. The maximum Gasteiger partial charge on any atom is 0.336 e. The van der Waals surface area contributed by atoms with Crippen molar-refractivity contribution < 1.29 is 14.1 Å². The first-order valence-corrected chi connectivity index (χ1v) is 8.05. The summed E-state index contributed by atoms with van der Waals surface area (Å²) in [5, 5.41) is 9.06. The van der Waals surface area contributed by atoms with Crippen LogP contribution < -0.4 is 0 Å². The van der Waals surface area contributed by atoms with Crippen molar-refractivity contribution in [2.24, 2.45) is 0 Å². The molecule has 0 aliphatic heterocycles. The predicted octanol–water partition coefficient (Wildman–Crippen LogP) is 3.76. The topological polar surface area (TPSA) is 54.4 Å². The average molecular weight is 353 g/mol. The number of benzene rings is 2. The van der Waals surface area contributed by atoms with E-state index in [1.165, 1.54) is 6.07 Å². The van der Waals surface area contributed by atoms with Crippen LogP contribution in [0.5, 0.6) is 0 Å². The Bertz CT molecular complexity index is 665. The number of carboxylic acids is 1. The van der Waals surface area contributed by atoms with E-state index in [-0.39, 0.29) is 5.56 Å². The van der Waals surface area contributed by atoms with Crippen molar-refractivity contribution in [1.82, 2.24) is 0 Å². The van der Waals surface area contributed by atoms with Crippen LogP contribution in [-0.4, -0.2) is 15.3 Å². The summed E-state index contributed by atoms with van der Waals surface area (Å²) in [7, 11) is -1.26. The van der Waals surface area contributed by atoms with Crippen LogP contribution in [0, 0.1) is 6.92 Å². The second kappa shape index (κ2) is 6.33. The predicted molar refractivity (Wildman–Crippen MR) is 82.4 cm³/mol. The zero-order chi connectivity index (χ0) is 14.7. The largest absolute Gasteiger partial charge is 0.478 e. The first-order chi connectivity index (χ1) is 9.47. The molecule has 0 saturated carbocycles. The standard InChI is InChI=1S/C15H13BrO3S/c1-10-2-4-11(5-3-10)9-20(19)12-6-7-14(16)13(8-12)15(17)18/h2-8H,9H2,1H3,(H,17,18). The average Bonchev–Trinajstić information content (AvgIpc) is 2.41. The molecule has 0 heterocycles. The maximum absolute atomic E-state index is 12.3. The van der Waals surface area contributed by atoms with Gasteiger partial charge in [0.05, 0.1) is 22.1 Å². The lowest BCUT2D eigenvalue weighted by Gasteiger charge is -2.06. The van der Waals surface area contributed by atoms with Crippen molar-refractivity contribution in [3.8, 4) is 0 Å².